The molecule has 0 aliphatic heterocycles. The van der Waals surface area contributed by atoms with E-state index in [0.717, 1.165) is 16.8 Å². The highest BCUT2D eigenvalue weighted by Crippen LogP contribution is 2.16. The zero-order valence-electron chi connectivity index (χ0n) is 14.0. The average molecular weight is 324 g/mol. The van der Waals surface area contributed by atoms with E-state index in [1.54, 1.807) is 19.1 Å². The molecule has 0 aliphatic rings. The summed E-state index contributed by atoms with van der Waals surface area (Å²) in [5.74, 6) is -0.519. The van der Waals surface area contributed by atoms with Crippen LogP contribution in [0.5, 0.6) is 0 Å². The summed E-state index contributed by atoms with van der Waals surface area (Å²) in [5.41, 5.74) is 6.26. The van der Waals surface area contributed by atoms with Crippen molar-refractivity contribution in [3.8, 4) is 0 Å². The van der Waals surface area contributed by atoms with Crippen molar-refractivity contribution < 1.29 is 9.59 Å². The Labute approximate surface area is 141 Å². The van der Waals surface area contributed by atoms with Crippen molar-refractivity contribution in [2.45, 2.75) is 27.2 Å². The second-order valence-electron chi connectivity index (χ2n) is 5.57. The second kappa shape index (κ2) is 8.01. The number of nitrogens with zero attached hydrogens (tertiary/aromatic N) is 2. The number of aromatic nitrogens is 1. The van der Waals surface area contributed by atoms with Crippen LogP contribution in [0.15, 0.2) is 47.8 Å². The first-order valence-electron chi connectivity index (χ1n) is 7.56. The monoisotopic (exact) mass is 324 g/mol. The molecule has 0 aliphatic carbocycles. The SMILES string of the molecule is C/C(CC(=O)Nc1cc(C)ccc1C)=N\NC(=O)c1ccncc1. The largest absolute Gasteiger partial charge is 0.326 e. The van der Waals surface area contributed by atoms with Crippen molar-refractivity contribution in [1.82, 2.24) is 10.4 Å². The summed E-state index contributed by atoms with van der Waals surface area (Å²) >= 11 is 0. The smallest absolute Gasteiger partial charge is 0.271 e. The molecule has 0 atom stereocenters. The molecule has 1 heterocycles. The molecule has 2 N–H and O–H groups in total. The lowest BCUT2D eigenvalue weighted by Crippen LogP contribution is -2.21. The number of benzene rings is 1. The quantitative estimate of drug-likeness (QED) is 0.655. The number of amides is 2. The standard InChI is InChI=1S/C18H20N4O2/c1-12-4-5-13(2)16(10-12)20-17(23)11-14(3)21-22-18(24)15-6-8-19-9-7-15/h4-10H,11H2,1-3H3,(H,20,23)(H,22,24)/b21-14+. The van der Waals surface area contributed by atoms with Crippen molar-refractivity contribution >= 4 is 23.2 Å². The highest BCUT2D eigenvalue weighted by Gasteiger charge is 2.08. The van der Waals surface area contributed by atoms with Crippen LogP contribution in [0.25, 0.3) is 0 Å². The first-order chi connectivity index (χ1) is 11.5. The number of carbonyl (C=O) groups excluding carboxylic acids is 2. The molecule has 0 unspecified atom stereocenters. The third-order valence-corrected chi connectivity index (χ3v) is 3.37. The van der Waals surface area contributed by atoms with Gasteiger partial charge in [0.2, 0.25) is 5.91 Å². The molecule has 2 rings (SSSR count). The van der Waals surface area contributed by atoms with E-state index in [-0.39, 0.29) is 18.2 Å². The lowest BCUT2D eigenvalue weighted by molar-refractivity contribution is -0.115. The summed E-state index contributed by atoms with van der Waals surface area (Å²) < 4.78 is 0. The Kier molecular flexibility index (Phi) is 5.78. The predicted molar refractivity (Wildman–Crippen MR) is 94.0 cm³/mol. The van der Waals surface area contributed by atoms with Gasteiger partial charge in [0, 0.05) is 29.4 Å². The van der Waals surface area contributed by atoms with Crippen LogP contribution in [0, 0.1) is 13.8 Å². The first kappa shape index (κ1) is 17.3. The van der Waals surface area contributed by atoms with E-state index in [0.29, 0.717) is 11.3 Å². The van der Waals surface area contributed by atoms with Gasteiger partial charge in [-0.1, -0.05) is 12.1 Å². The molecule has 0 saturated heterocycles. The topological polar surface area (TPSA) is 83.5 Å². The van der Waals surface area contributed by atoms with Gasteiger partial charge in [-0.2, -0.15) is 5.10 Å². The van der Waals surface area contributed by atoms with Crippen LogP contribution < -0.4 is 10.7 Å². The number of pyridine rings is 1. The molecule has 124 valence electrons. The van der Waals surface area contributed by atoms with Crippen molar-refractivity contribution in [2.24, 2.45) is 5.10 Å². The number of hydrogen-bond acceptors (Lipinski definition) is 4. The minimum Gasteiger partial charge on any atom is -0.326 e. The molecular weight excluding hydrogens is 304 g/mol. The summed E-state index contributed by atoms with van der Waals surface area (Å²) in [4.78, 5) is 27.8. The molecule has 24 heavy (non-hydrogen) atoms. The van der Waals surface area contributed by atoms with Crippen LogP contribution in [0.1, 0.15) is 34.8 Å². The number of rotatable bonds is 5. The van der Waals surface area contributed by atoms with Crippen LogP contribution in [0.4, 0.5) is 5.69 Å². The van der Waals surface area contributed by atoms with Gasteiger partial charge in [0.15, 0.2) is 0 Å². The van der Waals surface area contributed by atoms with Crippen molar-refractivity contribution in [3.05, 3.63) is 59.4 Å². The molecule has 0 spiro atoms. The van der Waals surface area contributed by atoms with Crippen molar-refractivity contribution in [2.75, 3.05) is 5.32 Å². The average Bonchev–Trinajstić information content (AvgIpc) is 2.56. The zero-order chi connectivity index (χ0) is 17.5. The third kappa shape index (κ3) is 5.01. The van der Waals surface area contributed by atoms with Gasteiger partial charge in [-0.05, 0) is 50.1 Å². The fourth-order valence-electron chi connectivity index (χ4n) is 2.05. The van der Waals surface area contributed by atoms with Gasteiger partial charge in [-0.3, -0.25) is 14.6 Å². The Morgan fingerprint density at radius 1 is 1.12 bits per heavy atom. The van der Waals surface area contributed by atoms with Gasteiger partial charge in [0.1, 0.15) is 0 Å². The fourth-order valence-corrected chi connectivity index (χ4v) is 2.05. The van der Waals surface area contributed by atoms with Gasteiger partial charge in [0.05, 0.1) is 6.42 Å². The number of anilines is 1. The maximum Gasteiger partial charge on any atom is 0.271 e. The summed E-state index contributed by atoms with van der Waals surface area (Å²) in [5, 5.41) is 6.82. The van der Waals surface area contributed by atoms with E-state index >= 15 is 0 Å². The molecule has 2 amide bonds. The Balaban J connectivity index is 1.91. The van der Waals surface area contributed by atoms with E-state index in [9.17, 15) is 9.59 Å². The van der Waals surface area contributed by atoms with E-state index in [1.165, 1.54) is 12.4 Å². The Hall–Kier alpha value is -3.02. The van der Waals surface area contributed by atoms with E-state index < -0.39 is 0 Å². The molecule has 0 fully saturated rings. The van der Waals surface area contributed by atoms with Crippen LogP contribution in [-0.4, -0.2) is 22.5 Å². The summed E-state index contributed by atoms with van der Waals surface area (Å²) in [7, 11) is 0. The second-order valence-corrected chi connectivity index (χ2v) is 5.57. The summed E-state index contributed by atoms with van der Waals surface area (Å²) in [6, 6.07) is 9.05. The molecule has 0 bridgehead atoms. The third-order valence-electron chi connectivity index (χ3n) is 3.37. The normalized spacial score (nSPS) is 11.0. The number of hydrogen-bond donors (Lipinski definition) is 2. The number of nitrogens with one attached hydrogen (secondary N) is 2. The van der Waals surface area contributed by atoms with Crippen molar-refractivity contribution in [3.63, 3.8) is 0 Å². The molecular formula is C18H20N4O2. The van der Waals surface area contributed by atoms with Gasteiger partial charge in [0.25, 0.3) is 5.91 Å². The molecule has 1 aromatic heterocycles. The Morgan fingerprint density at radius 2 is 1.83 bits per heavy atom. The molecule has 6 heteroatoms. The van der Waals surface area contributed by atoms with Crippen LogP contribution in [0.2, 0.25) is 0 Å². The molecule has 1 aromatic carbocycles. The van der Waals surface area contributed by atoms with Gasteiger partial charge in [-0.15, -0.1) is 0 Å². The van der Waals surface area contributed by atoms with Crippen LogP contribution in [-0.2, 0) is 4.79 Å². The highest BCUT2D eigenvalue weighted by atomic mass is 16.2. The summed E-state index contributed by atoms with van der Waals surface area (Å²) in [6.07, 6.45) is 3.16. The van der Waals surface area contributed by atoms with Gasteiger partial charge < -0.3 is 5.32 Å². The minimum atomic E-state index is -0.341. The van der Waals surface area contributed by atoms with Gasteiger partial charge in [-0.25, -0.2) is 5.43 Å². The molecule has 2 aromatic rings. The van der Waals surface area contributed by atoms with Gasteiger partial charge >= 0.3 is 0 Å². The fraction of sp³-hybridized carbons (Fsp3) is 0.222. The molecule has 6 nitrogen and oxygen atoms in total. The Morgan fingerprint density at radius 3 is 2.54 bits per heavy atom. The summed E-state index contributed by atoms with van der Waals surface area (Å²) in [6.45, 7) is 5.59. The number of aryl methyl sites for hydroxylation is 2. The minimum absolute atomic E-state index is 0.101. The predicted octanol–water partition coefficient (Wildman–Crippen LogP) is 2.83. The van der Waals surface area contributed by atoms with Crippen LogP contribution >= 0.6 is 0 Å². The van der Waals surface area contributed by atoms with E-state index in [1.807, 2.05) is 32.0 Å². The molecule has 0 saturated carbocycles. The van der Waals surface area contributed by atoms with Crippen molar-refractivity contribution in [1.29, 1.82) is 0 Å². The van der Waals surface area contributed by atoms with E-state index in [4.69, 9.17) is 0 Å². The maximum atomic E-state index is 12.1. The van der Waals surface area contributed by atoms with E-state index in [2.05, 4.69) is 20.8 Å². The maximum absolute atomic E-state index is 12.1. The highest BCUT2D eigenvalue weighted by molar-refractivity contribution is 6.06. The van der Waals surface area contributed by atoms with Crippen LogP contribution in [0.3, 0.4) is 0 Å². The number of carbonyl (C=O) groups is 2. The molecule has 0 radical (unpaired) electrons. The first-order valence-corrected chi connectivity index (χ1v) is 7.56. The zero-order valence-corrected chi connectivity index (χ0v) is 14.0. The Bertz CT molecular complexity index is 770. The lowest BCUT2D eigenvalue weighted by Gasteiger charge is -2.09. The number of hydrazone groups is 1. The lowest BCUT2D eigenvalue weighted by atomic mass is 10.1.